The zero-order chi connectivity index (χ0) is 10.3. The van der Waals surface area contributed by atoms with Gasteiger partial charge in [0.25, 0.3) is 11.6 Å². The van der Waals surface area contributed by atoms with Crippen LogP contribution in [0.25, 0.3) is 0 Å². The number of fused-ring (bicyclic) bond motifs is 1. The van der Waals surface area contributed by atoms with E-state index < -0.39 is 4.92 Å². The third kappa shape index (κ3) is 1.19. The Labute approximate surface area is 87.4 Å². The predicted molar refractivity (Wildman–Crippen MR) is 52.0 cm³/mol. The van der Waals surface area contributed by atoms with Gasteiger partial charge in [-0.1, -0.05) is 6.07 Å². The molecule has 0 saturated heterocycles. The Hall–Kier alpha value is -1.43. The van der Waals surface area contributed by atoms with Gasteiger partial charge >= 0.3 is 0 Å². The molecule has 6 heteroatoms. The van der Waals surface area contributed by atoms with Crippen LogP contribution in [0, 0.1) is 10.1 Å². The fraction of sp³-hybridized carbons (Fsp3) is 0.125. The molecule has 1 heterocycles. The first-order chi connectivity index (χ1) is 6.61. The van der Waals surface area contributed by atoms with Gasteiger partial charge in [0.05, 0.1) is 9.40 Å². The monoisotopic (exact) mass is 256 g/mol. The lowest BCUT2D eigenvalue weighted by Gasteiger charge is -1.99. The molecule has 14 heavy (non-hydrogen) atoms. The molecule has 2 rings (SSSR count). The van der Waals surface area contributed by atoms with Crippen LogP contribution in [0.2, 0.25) is 0 Å². The number of halogens is 1. The summed E-state index contributed by atoms with van der Waals surface area (Å²) < 4.78 is 0.332. The van der Waals surface area contributed by atoms with Gasteiger partial charge in [-0.3, -0.25) is 14.9 Å². The summed E-state index contributed by atoms with van der Waals surface area (Å²) in [5, 5.41) is 13.3. The van der Waals surface area contributed by atoms with E-state index in [1.165, 1.54) is 0 Å². The lowest BCUT2D eigenvalue weighted by atomic mass is 10.1. The fourth-order valence-electron chi connectivity index (χ4n) is 1.45. The van der Waals surface area contributed by atoms with Crippen molar-refractivity contribution in [3.05, 3.63) is 37.8 Å². The van der Waals surface area contributed by atoms with Crippen molar-refractivity contribution in [2.75, 3.05) is 0 Å². The number of carbonyl (C=O) groups is 1. The highest BCUT2D eigenvalue weighted by Crippen LogP contribution is 2.33. The summed E-state index contributed by atoms with van der Waals surface area (Å²) in [6, 6.07) is 3.28. The molecule has 5 nitrogen and oxygen atoms in total. The molecule has 1 aromatic rings. The molecule has 1 aromatic carbocycles. The molecule has 1 amide bonds. The number of carbonyl (C=O) groups excluding carboxylic acids is 1. The van der Waals surface area contributed by atoms with Gasteiger partial charge < -0.3 is 5.32 Å². The van der Waals surface area contributed by atoms with Gasteiger partial charge in [-0.15, -0.1) is 0 Å². The first kappa shape index (κ1) is 9.14. The number of hydrogen-bond donors (Lipinski definition) is 1. The van der Waals surface area contributed by atoms with E-state index in [0.717, 1.165) is 0 Å². The molecule has 0 unspecified atom stereocenters. The number of nitrogens with zero attached hydrogens (tertiary/aromatic N) is 1. The third-order valence-corrected chi connectivity index (χ3v) is 2.70. The van der Waals surface area contributed by atoms with E-state index in [2.05, 4.69) is 21.2 Å². The molecule has 0 fully saturated rings. The maximum absolute atomic E-state index is 11.3. The molecule has 72 valence electrons. The van der Waals surface area contributed by atoms with Crippen LogP contribution in [0.5, 0.6) is 0 Å². The van der Waals surface area contributed by atoms with Crippen molar-refractivity contribution in [3.63, 3.8) is 0 Å². The molecule has 1 aliphatic heterocycles. The van der Waals surface area contributed by atoms with Crippen molar-refractivity contribution < 1.29 is 9.72 Å². The van der Waals surface area contributed by atoms with E-state index in [9.17, 15) is 14.9 Å². The minimum Gasteiger partial charge on any atom is -0.348 e. The summed E-state index contributed by atoms with van der Waals surface area (Å²) in [6.07, 6.45) is 0. The number of nitro benzene ring substituents is 1. The standard InChI is InChI=1S/C8H5BrN2O3/c9-5-2-1-4-3-10-8(12)6(4)7(5)11(13)14/h1-2H,3H2,(H,10,12). The maximum atomic E-state index is 11.3. The molecular formula is C8H5BrN2O3. The average Bonchev–Trinajstić information content (AvgIpc) is 2.47. The summed E-state index contributed by atoms with van der Waals surface area (Å²) in [5.41, 5.74) is 0.687. The van der Waals surface area contributed by atoms with Crippen LogP contribution < -0.4 is 5.32 Å². The lowest BCUT2D eigenvalue weighted by Crippen LogP contribution is -2.13. The zero-order valence-corrected chi connectivity index (χ0v) is 8.50. The van der Waals surface area contributed by atoms with Crippen molar-refractivity contribution in [1.29, 1.82) is 0 Å². The summed E-state index contributed by atoms with van der Waals surface area (Å²) in [4.78, 5) is 21.5. The summed E-state index contributed by atoms with van der Waals surface area (Å²) in [5.74, 6) is -0.381. The number of nitro groups is 1. The van der Waals surface area contributed by atoms with Gasteiger partial charge in [0.1, 0.15) is 5.56 Å². The second kappa shape index (κ2) is 3.06. The topological polar surface area (TPSA) is 72.2 Å². The fourth-order valence-corrected chi connectivity index (χ4v) is 1.93. The van der Waals surface area contributed by atoms with Crippen molar-refractivity contribution >= 4 is 27.5 Å². The average molecular weight is 257 g/mol. The summed E-state index contributed by atoms with van der Waals surface area (Å²) in [6.45, 7) is 0.363. The van der Waals surface area contributed by atoms with E-state index in [0.29, 0.717) is 16.6 Å². The largest absolute Gasteiger partial charge is 0.348 e. The Kier molecular flexibility index (Phi) is 1.99. The number of hydrogen-bond acceptors (Lipinski definition) is 3. The van der Waals surface area contributed by atoms with Crippen LogP contribution in [0.4, 0.5) is 5.69 Å². The van der Waals surface area contributed by atoms with E-state index in [1.807, 2.05) is 0 Å². The number of benzene rings is 1. The number of rotatable bonds is 1. The van der Waals surface area contributed by atoms with Crippen molar-refractivity contribution in [3.8, 4) is 0 Å². The van der Waals surface area contributed by atoms with E-state index in [-0.39, 0.29) is 17.2 Å². The molecule has 0 spiro atoms. The molecule has 0 atom stereocenters. The van der Waals surface area contributed by atoms with Crippen LogP contribution in [-0.2, 0) is 6.54 Å². The Balaban J connectivity index is 2.74. The molecule has 1 N–H and O–H groups in total. The summed E-state index contributed by atoms with van der Waals surface area (Å²) in [7, 11) is 0. The maximum Gasteiger partial charge on any atom is 0.296 e. The van der Waals surface area contributed by atoms with Gasteiger partial charge in [0.15, 0.2) is 0 Å². The first-order valence-electron chi connectivity index (χ1n) is 3.85. The van der Waals surface area contributed by atoms with Crippen molar-refractivity contribution in [2.45, 2.75) is 6.54 Å². The van der Waals surface area contributed by atoms with E-state index in [1.54, 1.807) is 12.1 Å². The second-order valence-corrected chi connectivity index (χ2v) is 3.72. The van der Waals surface area contributed by atoms with Crippen LogP contribution in [0.15, 0.2) is 16.6 Å². The Bertz CT molecular complexity index is 444. The molecule has 0 aromatic heterocycles. The second-order valence-electron chi connectivity index (χ2n) is 2.87. The molecular weight excluding hydrogens is 252 g/mol. The highest BCUT2D eigenvalue weighted by Gasteiger charge is 2.30. The Morgan fingerprint density at radius 2 is 2.21 bits per heavy atom. The lowest BCUT2D eigenvalue weighted by molar-refractivity contribution is -0.385. The Morgan fingerprint density at radius 1 is 1.50 bits per heavy atom. The van der Waals surface area contributed by atoms with E-state index >= 15 is 0 Å². The van der Waals surface area contributed by atoms with Crippen LogP contribution in [-0.4, -0.2) is 10.8 Å². The smallest absolute Gasteiger partial charge is 0.296 e. The zero-order valence-electron chi connectivity index (χ0n) is 6.91. The predicted octanol–water partition coefficient (Wildman–Crippen LogP) is 1.60. The number of amides is 1. The first-order valence-corrected chi connectivity index (χ1v) is 4.64. The highest BCUT2D eigenvalue weighted by molar-refractivity contribution is 9.10. The van der Waals surface area contributed by atoms with Gasteiger partial charge in [-0.25, -0.2) is 0 Å². The van der Waals surface area contributed by atoms with Crippen molar-refractivity contribution in [2.24, 2.45) is 0 Å². The van der Waals surface area contributed by atoms with E-state index in [4.69, 9.17) is 0 Å². The van der Waals surface area contributed by atoms with Crippen LogP contribution in [0.3, 0.4) is 0 Å². The summed E-state index contributed by atoms with van der Waals surface area (Å²) >= 11 is 3.06. The SMILES string of the molecule is O=C1NCc2ccc(Br)c([N+](=O)[O-])c21. The van der Waals surface area contributed by atoms with Crippen molar-refractivity contribution in [1.82, 2.24) is 5.32 Å². The highest BCUT2D eigenvalue weighted by atomic mass is 79.9. The van der Waals surface area contributed by atoms with Gasteiger partial charge in [-0.2, -0.15) is 0 Å². The van der Waals surface area contributed by atoms with Gasteiger partial charge in [0, 0.05) is 6.54 Å². The number of nitrogens with one attached hydrogen (secondary N) is 1. The molecule has 0 saturated carbocycles. The third-order valence-electron chi connectivity index (χ3n) is 2.06. The van der Waals surface area contributed by atoms with Gasteiger partial charge in [0.2, 0.25) is 0 Å². The molecule has 0 aliphatic carbocycles. The van der Waals surface area contributed by atoms with Crippen LogP contribution >= 0.6 is 15.9 Å². The molecule has 0 radical (unpaired) electrons. The minimum absolute atomic E-state index is 0.155. The molecule has 1 aliphatic rings. The Morgan fingerprint density at radius 3 is 2.86 bits per heavy atom. The van der Waals surface area contributed by atoms with Crippen LogP contribution in [0.1, 0.15) is 15.9 Å². The van der Waals surface area contributed by atoms with Gasteiger partial charge in [-0.05, 0) is 27.6 Å². The normalized spacial score (nSPS) is 13.6. The minimum atomic E-state index is -0.548. The molecule has 0 bridgehead atoms. The quantitative estimate of drug-likeness (QED) is 0.613.